The molecular formula is C13H20ClNO2. The van der Waals surface area contributed by atoms with Crippen LogP contribution in [-0.2, 0) is 11.2 Å². The Morgan fingerprint density at radius 2 is 1.88 bits per heavy atom. The molecule has 0 saturated carbocycles. The van der Waals surface area contributed by atoms with Crippen LogP contribution in [0.1, 0.15) is 18.4 Å². The van der Waals surface area contributed by atoms with Gasteiger partial charge in [-0.2, -0.15) is 0 Å². The lowest BCUT2D eigenvalue weighted by Gasteiger charge is -2.25. The summed E-state index contributed by atoms with van der Waals surface area (Å²) >= 11 is 0. The first kappa shape index (κ1) is 14.5. The Labute approximate surface area is 109 Å². The normalized spacial score (nSPS) is 18.4. The molecule has 17 heavy (non-hydrogen) atoms. The van der Waals surface area contributed by atoms with E-state index in [2.05, 4.69) is 5.32 Å². The summed E-state index contributed by atoms with van der Waals surface area (Å²) in [4.78, 5) is 0. The molecule has 1 saturated heterocycles. The van der Waals surface area contributed by atoms with Gasteiger partial charge < -0.3 is 15.2 Å². The van der Waals surface area contributed by atoms with Gasteiger partial charge >= 0.3 is 0 Å². The fourth-order valence-electron chi connectivity index (χ4n) is 2.02. The number of benzene rings is 1. The summed E-state index contributed by atoms with van der Waals surface area (Å²) in [7, 11) is 0. The molecule has 1 aliphatic heterocycles. The number of aliphatic hydroxyl groups excluding tert-OH is 1. The minimum atomic E-state index is -0.675. The van der Waals surface area contributed by atoms with Crippen LogP contribution < -0.4 is 5.32 Å². The highest BCUT2D eigenvalue weighted by atomic mass is 35.5. The predicted octanol–water partition coefficient (Wildman–Crippen LogP) is 1.74. The summed E-state index contributed by atoms with van der Waals surface area (Å²) in [5.74, 6) is 0. The Balaban J connectivity index is 0.00000144. The molecule has 0 bridgehead atoms. The number of rotatable bonds is 4. The summed E-state index contributed by atoms with van der Waals surface area (Å²) in [6.07, 6.45) is 2.09. The number of ether oxygens (including phenoxy) is 1. The Morgan fingerprint density at radius 3 is 2.53 bits per heavy atom. The molecule has 1 aromatic rings. The fourth-order valence-corrected chi connectivity index (χ4v) is 2.02. The summed E-state index contributed by atoms with van der Waals surface area (Å²) in [5.41, 5.74) is 1.11. The van der Waals surface area contributed by atoms with E-state index in [0.29, 0.717) is 6.42 Å². The number of piperidine rings is 1. The smallest absolute Gasteiger partial charge is 0.158 e. The quantitative estimate of drug-likeness (QED) is 0.808. The van der Waals surface area contributed by atoms with Crippen LogP contribution in [0.5, 0.6) is 0 Å². The van der Waals surface area contributed by atoms with Gasteiger partial charge in [0.25, 0.3) is 0 Å². The molecule has 0 spiro atoms. The van der Waals surface area contributed by atoms with E-state index in [1.54, 1.807) is 0 Å². The molecule has 0 amide bonds. The van der Waals surface area contributed by atoms with Crippen molar-refractivity contribution >= 4 is 12.4 Å². The standard InChI is InChI=1S/C13H19NO2.ClH/c15-13(10-11-4-2-1-3-5-11)16-12-6-8-14-9-7-12;/h1-5,12-15H,6-10H2;1H. The van der Waals surface area contributed by atoms with Crippen LogP contribution >= 0.6 is 12.4 Å². The third-order valence-corrected chi connectivity index (χ3v) is 2.89. The molecule has 1 heterocycles. The maximum Gasteiger partial charge on any atom is 0.158 e. The van der Waals surface area contributed by atoms with Gasteiger partial charge in [-0.1, -0.05) is 30.3 Å². The number of hydrogen-bond donors (Lipinski definition) is 2. The van der Waals surface area contributed by atoms with Crippen LogP contribution in [0.15, 0.2) is 30.3 Å². The molecule has 96 valence electrons. The first-order chi connectivity index (χ1) is 7.84. The number of halogens is 1. The number of aliphatic hydroxyl groups is 1. The van der Waals surface area contributed by atoms with Gasteiger partial charge in [0.1, 0.15) is 0 Å². The Hall–Kier alpha value is -0.610. The Morgan fingerprint density at radius 1 is 1.24 bits per heavy atom. The van der Waals surface area contributed by atoms with Crippen LogP contribution in [0.4, 0.5) is 0 Å². The topological polar surface area (TPSA) is 41.5 Å². The average molecular weight is 258 g/mol. The summed E-state index contributed by atoms with van der Waals surface area (Å²) in [6, 6.07) is 9.95. The molecule has 1 aromatic carbocycles. The van der Waals surface area contributed by atoms with Gasteiger partial charge in [-0.25, -0.2) is 0 Å². The molecular weight excluding hydrogens is 238 g/mol. The lowest BCUT2D eigenvalue weighted by atomic mass is 10.1. The van der Waals surface area contributed by atoms with Gasteiger partial charge in [0, 0.05) is 6.42 Å². The van der Waals surface area contributed by atoms with Crippen molar-refractivity contribution in [3.8, 4) is 0 Å². The lowest BCUT2D eigenvalue weighted by molar-refractivity contribution is -0.140. The van der Waals surface area contributed by atoms with Gasteiger partial charge in [-0.05, 0) is 31.5 Å². The van der Waals surface area contributed by atoms with Crippen molar-refractivity contribution < 1.29 is 9.84 Å². The molecule has 1 fully saturated rings. The van der Waals surface area contributed by atoms with E-state index in [1.165, 1.54) is 0 Å². The van der Waals surface area contributed by atoms with Crippen molar-refractivity contribution in [3.63, 3.8) is 0 Å². The molecule has 1 aliphatic rings. The van der Waals surface area contributed by atoms with Crippen molar-refractivity contribution in [2.75, 3.05) is 13.1 Å². The van der Waals surface area contributed by atoms with Gasteiger partial charge in [0.2, 0.25) is 0 Å². The second kappa shape index (κ2) is 7.67. The summed E-state index contributed by atoms with van der Waals surface area (Å²) in [5, 5.41) is 13.1. The van der Waals surface area contributed by atoms with Crippen LogP contribution in [0.25, 0.3) is 0 Å². The first-order valence-corrected chi connectivity index (χ1v) is 5.93. The van der Waals surface area contributed by atoms with E-state index in [4.69, 9.17) is 4.74 Å². The Kier molecular flexibility index (Phi) is 6.52. The lowest BCUT2D eigenvalue weighted by Crippen LogP contribution is -2.35. The zero-order valence-electron chi connectivity index (χ0n) is 9.84. The van der Waals surface area contributed by atoms with Crippen molar-refractivity contribution in [1.82, 2.24) is 5.32 Å². The van der Waals surface area contributed by atoms with E-state index in [1.807, 2.05) is 30.3 Å². The molecule has 0 radical (unpaired) electrons. The third-order valence-electron chi connectivity index (χ3n) is 2.89. The summed E-state index contributed by atoms with van der Waals surface area (Å²) in [6.45, 7) is 1.98. The number of nitrogens with one attached hydrogen (secondary N) is 1. The van der Waals surface area contributed by atoms with Crippen LogP contribution in [-0.4, -0.2) is 30.6 Å². The molecule has 1 unspecified atom stereocenters. The van der Waals surface area contributed by atoms with Gasteiger partial charge in [0.05, 0.1) is 6.10 Å². The van der Waals surface area contributed by atoms with Gasteiger partial charge in [-0.3, -0.25) is 0 Å². The van der Waals surface area contributed by atoms with Crippen molar-refractivity contribution in [3.05, 3.63) is 35.9 Å². The molecule has 2 rings (SSSR count). The molecule has 1 atom stereocenters. The van der Waals surface area contributed by atoms with E-state index in [0.717, 1.165) is 31.5 Å². The van der Waals surface area contributed by atoms with Crippen molar-refractivity contribution in [1.29, 1.82) is 0 Å². The highest BCUT2D eigenvalue weighted by Gasteiger charge is 2.17. The minimum Gasteiger partial charge on any atom is -0.368 e. The van der Waals surface area contributed by atoms with Gasteiger partial charge in [-0.15, -0.1) is 12.4 Å². The van der Waals surface area contributed by atoms with E-state index in [9.17, 15) is 5.11 Å². The predicted molar refractivity (Wildman–Crippen MR) is 70.4 cm³/mol. The molecule has 3 nitrogen and oxygen atoms in total. The zero-order valence-corrected chi connectivity index (χ0v) is 10.7. The van der Waals surface area contributed by atoms with Crippen LogP contribution in [0, 0.1) is 0 Å². The monoisotopic (exact) mass is 257 g/mol. The van der Waals surface area contributed by atoms with Crippen molar-refractivity contribution in [2.24, 2.45) is 0 Å². The maximum absolute atomic E-state index is 9.81. The maximum atomic E-state index is 9.81. The second-order valence-electron chi connectivity index (χ2n) is 4.23. The average Bonchev–Trinajstić information content (AvgIpc) is 2.31. The fraction of sp³-hybridized carbons (Fsp3) is 0.538. The highest BCUT2D eigenvalue weighted by molar-refractivity contribution is 5.85. The van der Waals surface area contributed by atoms with Crippen LogP contribution in [0.2, 0.25) is 0 Å². The minimum absolute atomic E-state index is 0. The van der Waals surface area contributed by atoms with Crippen LogP contribution in [0.3, 0.4) is 0 Å². The van der Waals surface area contributed by atoms with E-state index in [-0.39, 0.29) is 18.5 Å². The molecule has 0 aromatic heterocycles. The first-order valence-electron chi connectivity index (χ1n) is 5.93. The SMILES string of the molecule is Cl.OC(Cc1ccccc1)OC1CCNCC1. The van der Waals surface area contributed by atoms with E-state index >= 15 is 0 Å². The molecule has 2 N–H and O–H groups in total. The Bertz CT molecular complexity index is 302. The third kappa shape index (κ3) is 5.04. The molecule has 4 heteroatoms. The summed E-state index contributed by atoms with van der Waals surface area (Å²) < 4.78 is 5.61. The largest absolute Gasteiger partial charge is 0.368 e. The highest BCUT2D eigenvalue weighted by Crippen LogP contribution is 2.12. The van der Waals surface area contributed by atoms with Crippen molar-refractivity contribution in [2.45, 2.75) is 31.7 Å². The molecule has 0 aliphatic carbocycles. The zero-order chi connectivity index (χ0) is 11.2. The van der Waals surface area contributed by atoms with Gasteiger partial charge in [0.15, 0.2) is 6.29 Å². The number of hydrogen-bond acceptors (Lipinski definition) is 3. The van der Waals surface area contributed by atoms with E-state index < -0.39 is 6.29 Å². The second-order valence-corrected chi connectivity index (χ2v) is 4.23.